The first-order chi connectivity index (χ1) is 7.07. The average molecular weight is 211 g/mol. The van der Waals surface area contributed by atoms with Crippen LogP contribution >= 0.6 is 0 Å². The average Bonchev–Trinajstić information content (AvgIpc) is 2.20. The molecule has 0 radical (unpaired) electrons. The minimum absolute atomic E-state index is 0.0305. The van der Waals surface area contributed by atoms with E-state index in [9.17, 15) is 13.6 Å². The Morgan fingerprint density at radius 1 is 1.47 bits per heavy atom. The predicted octanol–water partition coefficient (Wildman–Crippen LogP) is 1.71. The molecule has 0 saturated heterocycles. The van der Waals surface area contributed by atoms with Gasteiger partial charge in [0.1, 0.15) is 0 Å². The molecule has 0 unspecified atom stereocenters. The molecule has 0 saturated carbocycles. The molecule has 1 rings (SSSR count). The Balaban J connectivity index is 3.11. The van der Waals surface area contributed by atoms with Crippen LogP contribution < -0.4 is 5.32 Å². The van der Waals surface area contributed by atoms with Crippen molar-refractivity contribution in [2.24, 2.45) is 0 Å². The molecule has 5 heteroatoms. The number of terminal acetylenes is 1. The second kappa shape index (κ2) is 4.42. The molecule has 0 heterocycles. The van der Waals surface area contributed by atoms with Crippen molar-refractivity contribution < 1.29 is 18.7 Å². The zero-order valence-electron chi connectivity index (χ0n) is 7.55. The molecule has 1 aromatic rings. The van der Waals surface area contributed by atoms with Gasteiger partial charge < -0.3 is 10.4 Å². The Morgan fingerprint density at radius 3 is 2.67 bits per heavy atom. The van der Waals surface area contributed by atoms with E-state index < -0.39 is 23.2 Å². The van der Waals surface area contributed by atoms with Crippen LogP contribution in [0.1, 0.15) is 10.4 Å². The fraction of sp³-hybridized carbons (Fsp3) is 0.100. The van der Waals surface area contributed by atoms with Gasteiger partial charge in [0.05, 0.1) is 17.8 Å². The van der Waals surface area contributed by atoms with Crippen LogP contribution in [-0.4, -0.2) is 17.6 Å². The molecule has 2 N–H and O–H groups in total. The predicted molar refractivity (Wildman–Crippen MR) is 50.6 cm³/mol. The smallest absolute Gasteiger partial charge is 0.338 e. The Bertz CT molecular complexity index is 438. The summed E-state index contributed by atoms with van der Waals surface area (Å²) < 4.78 is 26.3. The van der Waals surface area contributed by atoms with Crippen LogP contribution in [0, 0.1) is 24.0 Å². The lowest BCUT2D eigenvalue weighted by Crippen LogP contribution is -2.07. The summed E-state index contributed by atoms with van der Waals surface area (Å²) in [6, 6.07) is 2.10. The molecule has 0 atom stereocenters. The maximum atomic E-state index is 13.2. The van der Waals surface area contributed by atoms with Gasteiger partial charge in [-0.15, -0.1) is 6.42 Å². The van der Waals surface area contributed by atoms with Crippen LogP contribution in [-0.2, 0) is 0 Å². The molecular weight excluding hydrogens is 204 g/mol. The molecule has 0 spiro atoms. The molecule has 0 aromatic heterocycles. The highest BCUT2D eigenvalue weighted by atomic mass is 19.2. The first kappa shape index (κ1) is 11.0. The summed E-state index contributed by atoms with van der Waals surface area (Å²) in [5.74, 6) is -1.98. The van der Waals surface area contributed by atoms with E-state index >= 15 is 0 Å². The van der Waals surface area contributed by atoms with Gasteiger partial charge in [0, 0.05) is 0 Å². The lowest BCUT2D eigenvalue weighted by molar-refractivity contribution is 0.0690. The van der Waals surface area contributed by atoms with Crippen molar-refractivity contribution in [1.82, 2.24) is 0 Å². The van der Waals surface area contributed by atoms with Gasteiger partial charge in [-0.05, 0) is 12.1 Å². The van der Waals surface area contributed by atoms with Crippen LogP contribution in [0.2, 0.25) is 0 Å². The summed E-state index contributed by atoms with van der Waals surface area (Å²) in [5.41, 5.74) is -0.866. The van der Waals surface area contributed by atoms with E-state index in [0.29, 0.717) is 0 Å². The maximum absolute atomic E-state index is 13.2. The first-order valence-electron chi connectivity index (χ1n) is 3.96. The third kappa shape index (κ3) is 2.23. The largest absolute Gasteiger partial charge is 0.478 e. The molecule has 3 nitrogen and oxygen atoms in total. The maximum Gasteiger partial charge on any atom is 0.338 e. The number of benzene rings is 1. The van der Waals surface area contributed by atoms with E-state index in [0.717, 1.165) is 12.1 Å². The SMILES string of the molecule is C#CCNc1ccc(C(=O)O)c(F)c1F. The molecule has 0 aliphatic rings. The fourth-order valence-electron chi connectivity index (χ4n) is 0.997. The molecule has 78 valence electrons. The Kier molecular flexibility index (Phi) is 3.24. The van der Waals surface area contributed by atoms with Crippen molar-refractivity contribution in [3.63, 3.8) is 0 Å². The van der Waals surface area contributed by atoms with Gasteiger partial charge >= 0.3 is 5.97 Å². The highest BCUT2D eigenvalue weighted by Gasteiger charge is 2.17. The summed E-state index contributed by atoms with van der Waals surface area (Å²) in [7, 11) is 0. The third-order valence-corrected chi connectivity index (χ3v) is 1.69. The lowest BCUT2D eigenvalue weighted by Gasteiger charge is -2.06. The third-order valence-electron chi connectivity index (χ3n) is 1.69. The molecule has 15 heavy (non-hydrogen) atoms. The number of carboxylic acid groups (broad SMARTS) is 1. The first-order valence-corrected chi connectivity index (χ1v) is 3.96. The zero-order chi connectivity index (χ0) is 11.4. The summed E-state index contributed by atoms with van der Waals surface area (Å²) >= 11 is 0. The Labute approximate surface area is 84.7 Å². The highest BCUT2D eigenvalue weighted by molar-refractivity contribution is 5.88. The van der Waals surface area contributed by atoms with E-state index in [1.165, 1.54) is 0 Å². The van der Waals surface area contributed by atoms with Crippen LogP contribution in [0.5, 0.6) is 0 Å². The van der Waals surface area contributed by atoms with Gasteiger partial charge in [-0.25, -0.2) is 13.6 Å². The van der Waals surface area contributed by atoms with Crippen LogP contribution in [0.15, 0.2) is 12.1 Å². The van der Waals surface area contributed by atoms with E-state index in [2.05, 4.69) is 11.2 Å². The Morgan fingerprint density at radius 2 is 2.13 bits per heavy atom. The fourth-order valence-corrected chi connectivity index (χ4v) is 0.997. The van der Waals surface area contributed by atoms with Crippen molar-refractivity contribution in [2.45, 2.75) is 0 Å². The number of nitrogens with one attached hydrogen (secondary N) is 1. The number of hydrogen-bond donors (Lipinski definition) is 2. The normalized spacial score (nSPS) is 9.40. The highest BCUT2D eigenvalue weighted by Crippen LogP contribution is 2.20. The van der Waals surface area contributed by atoms with Gasteiger partial charge in [0.25, 0.3) is 0 Å². The number of hydrogen-bond acceptors (Lipinski definition) is 2. The Hall–Kier alpha value is -2.09. The van der Waals surface area contributed by atoms with E-state index in [-0.39, 0.29) is 12.2 Å². The number of aromatic carboxylic acids is 1. The summed E-state index contributed by atoms with van der Waals surface area (Å²) in [6.45, 7) is 0.0305. The molecule has 1 aromatic carbocycles. The quantitative estimate of drug-likeness (QED) is 0.748. The van der Waals surface area contributed by atoms with Gasteiger partial charge in [-0.3, -0.25) is 0 Å². The molecule has 0 bridgehead atoms. The molecule has 0 aliphatic heterocycles. The minimum Gasteiger partial charge on any atom is -0.478 e. The van der Waals surface area contributed by atoms with E-state index in [4.69, 9.17) is 11.5 Å². The van der Waals surface area contributed by atoms with E-state index in [1.807, 2.05) is 0 Å². The number of rotatable bonds is 3. The monoisotopic (exact) mass is 211 g/mol. The summed E-state index contributed by atoms with van der Waals surface area (Å²) in [4.78, 5) is 10.4. The summed E-state index contributed by atoms with van der Waals surface area (Å²) in [5, 5.41) is 10.9. The lowest BCUT2D eigenvalue weighted by atomic mass is 10.2. The van der Waals surface area contributed by atoms with Gasteiger partial charge in [-0.1, -0.05) is 5.92 Å². The molecule has 0 aliphatic carbocycles. The second-order valence-corrected chi connectivity index (χ2v) is 2.65. The molecule has 0 amide bonds. The molecule has 0 fully saturated rings. The zero-order valence-corrected chi connectivity index (χ0v) is 7.55. The van der Waals surface area contributed by atoms with E-state index in [1.54, 1.807) is 0 Å². The topological polar surface area (TPSA) is 49.3 Å². The number of anilines is 1. The number of carboxylic acids is 1. The number of carbonyl (C=O) groups is 1. The van der Waals surface area contributed by atoms with Crippen LogP contribution in [0.3, 0.4) is 0 Å². The van der Waals surface area contributed by atoms with Crippen LogP contribution in [0.25, 0.3) is 0 Å². The van der Waals surface area contributed by atoms with Gasteiger partial charge in [0.2, 0.25) is 0 Å². The van der Waals surface area contributed by atoms with Crippen molar-refractivity contribution in [3.8, 4) is 12.3 Å². The summed E-state index contributed by atoms with van der Waals surface area (Å²) in [6.07, 6.45) is 4.92. The molecular formula is C10H7F2NO2. The van der Waals surface area contributed by atoms with Crippen molar-refractivity contribution in [3.05, 3.63) is 29.3 Å². The van der Waals surface area contributed by atoms with Crippen molar-refractivity contribution >= 4 is 11.7 Å². The van der Waals surface area contributed by atoms with Gasteiger partial charge in [0.15, 0.2) is 11.6 Å². The van der Waals surface area contributed by atoms with Gasteiger partial charge in [-0.2, -0.15) is 0 Å². The minimum atomic E-state index is -1.52. The number of halogens is 2. The van der Waals surface area contributed by atoms with Crippen molar-refractivity contribution in [2.75, 3.05) is 11.9 Å². The standard InChI is InChI=1S/C10H7F2NO2/c1-2-5-13-7-4-3-6(10(14)15)8(11)9(7)12/h1,3-4,13H,5H2,(H,14,15). The second-order valence-electron chi connectivity index (χ2n) is 2.65. The van der Waals surface area contributed by atoms with Crippen molar-refractivity contribution in [1.29, 1.82) is 0 Å². The van der Waals surface area contributed by atoms with Crippen LogP contribution in [0.4, 0.5) is 14.5 Å².